The van der Waals surface area contributed by atoms with Gasteiger partial charge in [-0.05, 0) is 44.4 Å². The molecule has 0 bridgehead atoms. The summed E-state index contributed by atoms with van der Waals surface area (Å²) < 4.78 is 0. The summed E-state index contributed by atoms with van der Waals surface area (Å²) in [6, 6.07) is 7.80. The first-order valence-corrected chi connectivity index (χ1v) is 10.8. The molecule has 2 fully saturated rings. The first kappa shape index (κ1) is 20.9. The van der Waals surface area contributed by atoms with E-state index in [1.165, 1.54) is 0 Å². The summed E-state index contributed by atoms with van der Waals surface area (Å²) >= 11 is 6.08. The Morgan fingerprint density at radius 3 is 2.50 bits per heavy atom. The van der Waals surface area contributed by atoms with Crippen molar-refractivity contribution in [2.75, 3.05) is 45.8 Å². The molecule has 2 heterocycles. The van der Waals surface area contributed by atoms with Crippen LogP contribution in [0.25, 0.3) is 0 Å². The summed E-state index contributed by atoms with van der Waals surface area (Å²) in [5.41, 5.74) is 1.10. The topological polar surface area (TPSA) is 51.2 Å². The Labute approximate surface area is 173 Å². The molecule has 2 aliphatic heterocycles. The number of carbonyl (C=O) groups excluding carboxylic acids is 1. The zero-order chi connectivity index (χ0) is 19.9. The van der Waals surface area contributed by atoms with E-state index in [4.69, 9.17) is 16.6 Å². The second-order valence-corrected chi connectivity index (χ2v) is 7.97. The molecule has 0 aliphatic carbocycles. The van der Waals surface area contributed by atoms with Crippen molar-refractivity contribution in [2.45, 2.75) is 39.3 Å². The minimum absolute atomic E-state index is 0.0359. The molecule has 0 aromatic heterocycles. The van der Waals surface area contributed by atoms with Gasteiger partial charge in [-0.25, -0.2) is 4.99 Å². The highest BCUT2D eigenvalue weighted by Crippen LogP contribution is 2.15. The number of hydrogen-bond donors (Lipinski definition) is 1. The van der Waals surface area contributed by atoms with Crippen molar-refractivity contribution in [1.82, 2.24) is 20.0 Å². The van der Waals surface area contributed by atoms with Gasteiger partial charge in [-0.2, -0.15) is 0 Å². The van der Waals surface area contributed by atoms with Crippen LogP contribution in [-0.2, 0) is 11.3 Å². The molecular formula is C21H32ClN5O. The third-order valence-electron chi connectivity index (χ3n) is 5.57. The largest absolute Gasteiger partial charge is 0.357 e. The van der Waals surface area contributed by atoms with Gasteiger partial charge in [0.05, 0.1) is 12.6 Å². The van der Waals surface area contributed by atoms with Gasteiger partial charge < -0.3 is 15.1 Å². The van der Waals surface area contributed by atoms with Crippen molar-refractivity contribution < 1.29 is 4.79 Å². The van der Waals surface area contributed by atoms with Crippen molar-refractivity contribution in [3.8, 4) is 0 Å². The summed E-state index contributed by atoms with van der Waals surface area (Å²) in [6.45, 7) is 10.9. The van der Waals surface area contributed by atoms with Gasteiger partial charge in [0.15, 0.2) is 5.96 Å². The number of piperazine rings is 1. The van der Waals surface area contributed by atoms with Crippen LogP contribution in [-0.4, -0.2) is 78.4 Å². The maximum absolute atomic E-state index is 12.7. The Kier molecular flexibility index (Phi) is 7.57. The molecule has 0 spiro atoms. The first-order valence-electron chi connectivity index (χ1n) is 10.4. The molecule has 28 heavy (non-hydrogen) atoms. The molecule has 2 aliphatic rings. The number of likely N-dealkylation sites (tertiary alicyclic amines) is 1. The molecule has 0 saturated carbocycles. The Hall–Kier alpha value is -1.79. The molecule has 2 saturated heterocycles. The molecule has 1 aromatic carbocycles. The van der Waals surface area contributed by atoms with E-state index < -0.39 is 0 Å². The van der Waals surface area contributed by atoms with Gasteiger partial charge in [-0.1, -0.05) is 23.7 Å². The Morgan fingerprint density at radius 1 is 1.14 bits per heavy atom. The summed E-state index contributed by atoms with van der Waals surface area (Å²) in [6.07, 6.45) is 2.28. The molecule has 6 nitrogen and oxygen atoms in total. The average Bonchev–Trinajstić information content (AvgIpc) is 3.25. The number of nitrogens with one attached hydrogen (secondary N) is 1. The molecule has 3 rings (SSSR count). The molecule has 154 valence electrons. The van der Waals surface area contributed by atoms with Crippen LogP contribution in [0.1, 0.15) is 32.3 Å². The molecule has 1 N–H and O–H groups in total. The fraction of sp³-hybridized carbons (Fsp3) is 0.619. The Balaban J connectivity index is 1.56. The van der Waals surface area contributed by atoms with Gasteiger partial charge in [-0.15, -0.1) is 0 Å². The molecular weight excluding hydrogens is 374 g/mol. The van der Waals surface area contributed by atoms with Gasteiger partial charge in [0, 0.05) is 50.8 Å². The summed E-state index contributed by atoms with van der Waals surface area (Å²) in [5.74, 6) is 1.22. The zero-order valence-electron chi connectivity index (χ0n) is 17.0. The second kappa shape index (κ2) is 10.1. The predicted molar refractivity (Wildman–Crippen MR) is 115 cm³/mol. The number of nitrogens with zero attached hydrogens (tertiary/aromatic N) is 4. The second-order valence-electron chi connectivity index (χ2n) is 7.53. The van der Waals surface area contributed by atoms with E-state index in [1.807, 2.05) is 29.2 Å². The number of benzene rings is 1. The molecule has 0 radical (unpaired) electrons. The number of aliphatic imine (C=N–C) groups is 1. The normalized spacial score (nSPS) is 19.8. The standard InChI is InChI=1S/C21H32ClN5O/c1-3-23-21(24-16-18-7-6-8-19(22)15-18)27-13-11-25(12-14-27)17(2)20(28)26-9-4-5-10-26/h6-8,15,17H,3-5,9-14,16H2,1-2H3,(H,23,24). The minimum Gasteiger partial charge on any atom is -0.357 e. The first-order chi connectivity index (χ1) is 13.6. The third kappa shape index (κ3) is 5.39. The highest BCUT2D eigenvalue weighted by Gasteiger charge is 2.30. The van der Waals surface area contributed by atoms with Gasteiger partial charge in [0.25, 0.3) is 0 Å². The lowest BCUT2D eigenvalue weighted by Crippen LogP contribution is -2.57. The van der Waals surface area contributed by atoms with Crippen LogP contribution in [0.15, 0.2) is 29.3 Å². The maximum atomic E-state index is 12.7. The van der Waals surface area contributed by atoms with Crippen LogP contribution in [0.5, 0.6) is 0 Å². The van der Waals surface area contributed by atoms with Crippen LogP contribution in [0.3, 0.4) is 0 Å². The zero-order valence-corrected chi connectivity index (χ0v) is 17.8. The van der Waals surface area contributed by atoms with Crippen molar-refractivity contribution in [3.63, 3.8) is 0 Å². The fourth-order valence-electron chi connectivity index (χ4n) is 3.91. The Bertz CT molecular complexity index is 681. The van der Waals surface area contributed by atoms with Crippen LogP contribution in [0, 0.1) is 0 Å². The Morgan fingerprint density at radius 2 is 1.86 bits per heavy atom. The van der Waals surface area contributed by atoms with Gasteiger partial charge in [0.2, 0.25) is 5.91 Å². The molecule has 1 unspecified atom stereocenters. The summed E-state index contributed by atoms with van der Waals surface area (Å²) in [5, 5.41) is 4.14. The number of hydrogen-bond acceptors (Lipinski definition) is 3. The maximum Gasteiger partial charge on any atom is 0.239 e. The molecule has 1 aromatic rings. The van der Waals surface area contributed by atoms with Crippen molar-refractivity contribution in [2.24, 2.45) is 4.99 Å². The average molecular weight is 406 g/mol. The lowest BCUT2D eigenvalue weighted by molar-refractivity contribution is -0.135. The highest BCUT2D eigenvalue weighted by molar-refractivity contribution is 6.30. The van der Waals surface area contributed by atoms with Crippen molar-refractivity contribution in [3.05, 3.63) is 34.9 Å². The van der Waals surface area contributed by atoms with Crippen LogP contribution in [0.4, 0.5) is 0 Å². The van der Waals surface area contributed by atoms with Crippen molar-refractivity contribution in [1.29, 1.82) is 0 Å². The van der Waals surface area contributed by atoms with Gasteiger partial charge in [0.1, 0.15) is 0 Å². The number of amides is 1. The summed E-state index contributed by atoms with van der Waals surface area (Å²) in [7, 11) is 0. The summed E-state index contributed by atoms with van der Waals surface area (Å²) in [4.78, 5) is 24.1. The number of carbonyl (C=O) groups is 1. The van der Waals surface area contributed by atoms with E-state index in [1.54, 1.807) is 0 Å². The van der Waals surface area contributed by atoms with E-state index in [2.05, 4.69) is 29.0 Å². The van der Waals surface area contributed by atoms with E-state index in [0.717, 1.165) is 75.2 Å². The lowest BCUT2D eigenvalue weighted by atomic mass is 10.2. The van der Waals surface area contributed by atoms with E-state index in [9.17, 15) is 4.79 Å². The third-order valence-corrected chi connectivity index (χ3v) is 5.81. The van der Waals surface area contributed by atoms with E-state index in [-0.39, 0.29) is 11.9 Å². The molecule has 7 heteroatoms. The highest BCUT2D eigenvalue weighted by atomic mass is 35.5. The van der Waals surface area contributed by atoms with Crippen molar-refractivity contribution >= 4 is 23.5 Å². The fourth-order valence-corrected chi connectivity index (χ4v) is 4.12. The smallest absolute Gasteiger partial charge is 0.239 e. The number of halogens is 1. The quantitative estimate of drug-likeness (QED) is 0.603. The van der Waals surface area contributed by atoms with Crippen LogP contribution >= 0.6 is 11.6 Å². The number of rotatable bonds is 5. The van der Waals surface area contributed by atoms with E-state index >= 15 is 0 Å². The number of guanidine groups is 1. The lowest BCUT2D eigenvalue weighted by Gasteiger charge is -2.39. The molecule has 1 atom stereocenters. The molecule has 1 amide bonds. The minimum atomic E-state index is -0.0359. The van der Waals surface area contributed by atoms with Crippen LogP contribution < -0.4 is 5.32 Å². The van der Waals surface area contributed by atoms with Gasteiger partial charge >= 0.3 is 0 Å². The monoisotopic (exact) mass is 405 g/mol. The SMILES string of the molecule is CCNC(=NCc1cccc(Cl)c1)N1CCN(C(C)C(=O)N2CCCC2)CC1. The van der Waals surface area contributed by atoms with Crippen LogP contribution in [0.2, 0.25) is 5.02 Å². The van der Waals surface area contributed by atoms with Gasteiger partial charge in [-0.3, -0.25) is 9.69 Å². The predicted octanol–water partition coefficient (Wildman–Crippen LogP) is 2.43. The van der Waals surface area contributed by atoms with E-state index in [0.29, 0.717) is 6.54 Å².